The molecule has 1 aliphatic rings. The van der Waals surface area contributed by atoms with Crippen LogP contribution in [0.5, 0.6) is 0 Å². The van der Waals surface area contributed by atoms with Crippen molar-refractivity contribution in [1.82, 2.24) is 0 Å². The molecule has 0 aliphatic carbocycles. The number of hydrogen-bond acceptors (Lipinski definition) is 4. The Morgan fingerprint density at radius 1 is 0.793 bits per heavy atom. The SMILES string of the molecule is N#CC1CC(c2ccc(Cl)cc2)(c2ccc(Cl)cc2)OOC1(O)c1ccccc1. The van der Waals surface area contributed by atoms with Crippen molar-refractivity contribution in [2.75, 3.05) is 0 Å². The number of hydrogen-bond donors (Lipinski definition) is 1. The van der Waals surface area contributed by atoms with E-state index in [9.17, 15) is 10.4 Å². The molecule has 3 aromatic rings. The minimum Gasteiger partial charge on any atom is -0.359 e. The van der Waals surface area contributed by atoms with Gasteiger partial charge in [-0.15, -0.1) is 0 Å². The predicted octanol–water partition coefficient (Wildman–Crippen LogP) is 5.57. The zero-order chi connectivity index (χ0) is 20.5. The molecular formula is C23H17Cl2NO3. The zero-order valence-electron chi connectivity index (χ0n) is 15.3. The molecule has 146 valence electrons. The van der Waals surface area contributed by atoms with Crippen LogP contribution >= 0.6 is 23.2 Å². The molecule has 0 bridgehead atoms. The zero-order valence-corrected chi connectivity index (χ0v) is 16.8. The Morgan fingerprint density at radius 2 is 1.31 bits per heavy atom. The van der Waals surface area contributed by atoms with E-state index >= 15 is 0 Å². The first-order chi connectivity index (χ1) is 14.0. The van der Waals surface area contributed by atoms with Crippen molar-refractivity contribution >= 4 is 23.2 Å². The fourth-order valence-corrected chi connectivity index (χ4v) is 3.90. The third-order valence-electron chi connectivity index (χ3n) is 5.24. The van der Waals surface area contributed by atoms with Crippen molar-refractivity contribution in [1.29, 1.82) is 5.26 Å². The largest absolute Gasteiger partial charge is 0.359 e. The first-order valence-electron chi connectivity index (χ1n) is 9.04. The second kappa shape index (κ2) is 7.79. The maximum absolute atomic E-state index is 11.2. The van der Waals surface area contributed by atoms with Crippen LogP contribution in [-0.4, -0.2) is 5.11 Å². The van der Waals surface area contributed by atoms with Crippen molar-refractivity contribution in [3.05, 3.63) is 106 Å². The molecule has 6 heteroatoms. The van der Waals surface area contributed by atoms with Gasteiger partial charge >= 0.3 is 0 Å². The van der Waals surface area contributed by atoms with Crippen LogP contribution in [0.1, 0.15) is 23.1 Å². The average Bonchev–Trinajstić information content (AvgIpc) is 2.76. The highest BCUT2D eigenvalue weighted by atomic mass is 35.5. The van der Waals surface area contributed by atoms with Crippen LogP contribution in [0.25, 0.3) is 0 Å². The Bertz CT molecular complexity index is 987. The van der Waals surface area contributed by atoms with E-state index in [1.807, 2.05) is 30.3 Å². The highest BCUT2D eigenvalue weighted by Crippen LogP contribution is 2.50. The lowest BCUT2D eigenvalue weighted by Crippen LogP contribution is -2.50. The molecule has 1 fully saturated rings. The van der Waals surface area contributed by atoms with Crippen LogP contribution in [0.15, 0.2) is 78.9 Å². The lowest BCUT2D eigenvalue weighted by molar-refractivity contribution is -0.500. The summed E-state index contributed by atoms with van der Waals surface area (Å²) in [4.78, 5) is 11.5. The van der Waals surface area contributed by atoms with E-state index in [-0.39, 0.29) is 6.42 Å². The Kier molecular flexibility index (Phi) is 5.35. The maximum atomic E-state index is 11.2. The van der Waals surface area contributed by atoms with Gasteiger partial charge in [0, 0.05) is 22.0 Å². The molecule has 0 amide bonds. The summed E-state index contributed by atoms with van der Waals surface area (Å²) in [5.41, 5.74) is 0.836. The smallest absolute Gasteiger partial charge is 0.241 e. The summed E-state index contributed by atoms with van der Waals surface area (Å²) in [6.07, 6.45) is 0.165. The molecule has 29 heavy (non-hydrogen) atoms. The Hall–Kier alpha value is -2.39. The first kappa shape index (κ1) is 19.9. The Labute approximate surface area is 178 Å². The van der Waals surface area contributed by atoms with Gasteiger partial charge in [-0.3, -0.25) is 0 Å². The van der Waals surface area contributed by atoms with Crippen LogP contribution < -0.4 is 0 Å². The van der Waals surface area contributed by atoms with E-state index in [4.69, 9.17) is 33.0 Å². The number of rotatable bonds is 3. The van der Waals surface area contributed by atoms with Gasteiger partial charge in [0.2, 0.25) is 5.79 Å². The standard InChI is InChI=1S/C23H17Cl2NO3/c24-20-10-6-16(7-11-20)22(17-8-12-21(25)13-9-17)14-19(15-26)23(27,29-28-22)18-4-2-1-3-5-18/h1-13,19,27H,14H2. The normalized spacial score (nSPS) is 23.3. The predicted molar refractivity (Wildman–Crippen MR) is 110 cm³/mol. The molecular weight excluding hydrogens is 409 g/mol. The van der Waals surface area contributed by atoms with Crippen LogP contribution in [0.2, 0.25) is 10.0 Å². The third-order valence-corrected chi connectivity index (χ3v) is 5.74. The van der Waals surface area contributed by atoms with Crippen LogP contribution in [-0.2, 0) is 21.2 Å². The van der Waals surface area contributed by atoms with E-state index in [2.05, 4.69) is 6.07 Å². The molecule has 1 N–H and O–H groups in total. The van der Waals surface area contributed by atoms with E-state index in [0.29, 0.717) is 15.6 Å². The fraction of sp³-hybridized carbons (Fsp3) is 0.174. The van der Waals surface area contributed by atoms with Gasteiger partial charge < -0.3 is 5.11 Å². The van der Waals surface area contributed by atoms with Gasteiger partial charge in [0.25, 0.3) is 0 Å². The molecule has 2 atom stereocenters. The van der Waals surface area contributed by atoms with E-state index in [1.54, 1.807) is 48.5 Å². The highest BCUT2D eigenvalue weighted by Gasteiger charge is 2.54. The Morgan fingerprint density at radius 3 is 1.79 bits per heavy atom. The van der Waals surface area contributed by atoms with E-state index in [0.717, 1.165) is 11.1 Å². The monoisotopic (exact) mass is 425 g/mol. The van der Waals surface area contributed by atoms with E-state index < -0.39 is 17.3 Å². The summed E-state index contributed by atoms with van der Waals surface area (Å²) < 4.78 is 0. The summed E-state index contributed by atoms with van der Waals surface area (Å²) in [6, 6.07) is 25.2. The van der Waals surface area contributed by atoms with Gasteiger partial charge in [-0.25, -0.2) is 4.89 Å². The minimum absolute atomic E-state index is 0.165. The highest BCUT2D eigenvalue weighted by molar-refractivity contribution is 6.30. The summed E-state index contributed by atoms with van der Waals surface area (Å²) in [5, 5.41) is 22.3. The van der Waals surface area contributed by atoms with E-state index in [1.165, 1.54) is 0 Å². The molecule has 4 nitrogen and oxygen atoms in total. The molecule has 0 radical (unpaired) electrons. The number of halogens is 2. The molecule has 0 spiro atoms. The van der Waals surface area contributed by atoms with Crippen molar-refractivity contribution < 1.29 is 14.9 Å². The van der Waals surface area contributed by atoms with Crippen LogP contribution in [0.3, 0.4) is 0 Å². The van der Waals surface area contributed by atoms with Gasteiger partial charge in [-0.2, -0.15) is 10.1 Å². The van der Waals surface area contributed by atoms with Gasteiger partial charge in [0.15, 0.2) is 5.60 Å². The summed E-state index contributed by atoms with van der Waals surface area (Å²) in [6.45, 7) is 0. The topological polar surface area (TPSA) is 62.5 Å². The molecule has 1 aliphatic heterocycles. The molecule has 0 saturated carbocycles. The minimum atomic E-state index is -1.89. The summed E-state index contributed by atoms with van der Waals surface area (Å²) >= 11 is 12.1. The lowest BCUT2D eigenvalue weighted by Gasteiger charge is -2.45. The van der Waals surface area contributed by atoms with Gasteiger partial charge in [-0.1, -0.05) is 77.8 Å². The van der Waals surface area contributed by atoms with Crippen molar-refractivity contribution in [2.24, 2.45) is 5.92 Å². The molecule has 3 aromatic carbocycles. The van der Waals surface area contributed by atoms with Gasteiger partial charge in [0.05, 0.1) is 6.07 Å². The maximum Gasteiger partial charge on any atom is 0.241 e. The van der Waals surface area contributed by atoms with Crippen molar-refractivity contribution in [3.8, 4) is 6.07 Å². The van der Waals surface area contributed by atoms with Crippen molar-refractivity contribution in [3.63, 3.8) is 0 Å². The summed E-state index contributed by atoms with van der Waals surface area (Å²) in [7, 11) is 0. The van der Waals surface area contributed by atoms with Gasteiger partial charge in [-0.05, 0) is 35.4 Å². The van der Waals surface area contributed by atoms with Crippen molar-refractivity contribution in [2.45, 2.75) is 17.8 Å². The second-order valence-electron chi connectivity index (χ2n) is 6.96. The molecule has 0 aromatic heterocycles. The number of nitrogens with zero attached hydrogens (tertiary/aromatic N) is 1. The quantitative estimate of drug-likeness (QED) is 0.556. The lowest BCUT2D eigenvalue weighted by atomic mass is 9.75. The van der Waals surface area contributed by atoms with Crippen LogP contribution in [0, 0.1) is 17.2 Å². The number of nitriles is 1. The summed E-state index contributed by atoms with van der Waals surface area (Å²) in [5.74, 6) is -2.79. The van der Waals surface area contributed by atoms with Crippen LogP contribution in [0.4, 0.5) is 0 Å². The molecule has 1 saturated heterocycles. The molecule has 4 rings (SSSR count). The Balaban J connectivity index is 1.82. The fourth-order valence-electron chi connectivity index (χ4n) is 3.65. The first-order valence-corrected chi connectivity index (χ1v) is 9.80. The number of benzene rings is 3. The third kappa shape index (κ3) is 3.53. The molecule has 2 unspecified atom stereocenters. The average molecular weight is 426 g/mol. The second-order valence-corrected chi connectivity index (χ2v) is 7.83. The van der Waals surface area contributed by atoms with Gasteiger partial charge in [0.1, 0.15) is 5.92 Å². The molecule has 1 heterocycles. The number of aliphatic hydroxyl groups is 1.